The van der Waals surface area contributed by atoms with Crippen LogP contribution in [0.5, 0.6) is 0 Å². The molecule has 1 heterocycles. The standard InChI is InChI=1S/C30H26Cl2N2O4S/c1-17-26(33-29(36)38-18(2)22-6-4-5-7-24(22)31)27(39-34-17)23-13-10-20(16-25(23)32)19-8-11-21(12-9-19)30(14-15-30)28(35)37-3/h4-13,16,18H,14-15H2,1-3H3,(H,33,36)/t18-/m1/s1. The summed E-state index contributed by atoms with van der Waals surface area (Å²) in [5, 5.41) is 3.89. The molecule has 3 aromatic carbocycles. The number of aromatic nitrogens is 1. The van der Waals surface area contributed by atoms with E-state index in [1.807, 2.05) is 67.6 Å². The SMILES string of the molecule is COC(=O)C1(c2ccc(-c3ccc(-c4snc(C)c4NC(=O)O[C@H](C)c4ccccc4Cl)c(Cl)c3)cc2)CC1. The van der Waals surface area contributed by atoms with E-state index in [4.69, 9.17) is 32.7 Å². The molecule has 1 aromatic heterocycles. The summed E-state index contributed by atoms with van der Waals surface area (Å²) >= 11 is 14.2. The van der Waals surface area contributed by atoms with Gasteiger partial charge in [-0.25, -0.2) is 4.79 Å². The van der Waals surface area contributed by atoms with Crippen molar-refractivity contribution in [2.45, 2.75) is 38.2 Å². The Morgan fingerprint density at radius 2 is 1.69 bits per heavy atom. The maximum atomic E-state index is 12.8. The number of methoxy groups -OCH3 is 1. The zero-order valence-corrected chi connectivity index (χ0v) is 23.9. The number of amides is 1. The van der Waals surface area contributed by atoms with Gasteiger partial charge in [0.15, 0.2) is 0 Å². The largest absolute Gasteiger partial charge is 0.468 e. The van der Waals surface area contributed by atoms with Crippen LogP contribution in [0.1, 0.15) is 42.7 Å². The first-order chi connectivity index (χ1) is 18.7. The predicted octanol–water partition coefficient (Wildman–Crippen LogP) is 8.61. The molecule has 0 saturated heterocycles. The molecule has 1 aliphatic rings. The maximum Gasteiger partial charge on any atom is 0.412 e. The van der Waals surface area contributed by atoms with E-state index in [0.29, 0.717) is 21.4 Å². The van der Waals surface area contributed by atoms with Crippen LogP contribution in [-0.2, 0) is 19.7 Å². The monoisotopic (exact) mass is 580 g/mol. The molecule has 0 unspecified atom stereocenters. The van der Waals surface area contributed by atoms with Gasteiger partial charge in [-0.2, -0.15) is 4.37 Å². The molecule has 0 radical (unpaired) electrons. The second-order valence-electron chi connectivity index (χ2n) is 9.51. The minimum absolute atomic E-state index is 0.186. The van der Waals surface area contributed by atoms with Crippen molar-refractivity contribution in [3.8, 4) is 21.6 Å². The van der Waals surface area contributed by atoms with Crippen molar-refractivity contribution in [1.82, 2.24) is 4.37 Å². The van der Waals surface area contributed by atoms with Gasteiger partial charge in [-0.05, 0) is 67.0 Å². The zero-order valence-electron chi connectivity index (χ0n) is 21.6. The zero-order chi connectivity index (χ0) is 27.7. The molecule has 1 atom stereocenters. The lowest BCUT2D eigenvalue weighted by Crippen LogP contribution is -2.21. The third-order valence-electron chi connectivity index (χ3n) is 7.03. The number of carbonyl (C=O) groups excluding carboxylic acids is 2. The summed E-state index contributed by atoms with van der Waals surface area (Å²) < 4.78 is 15.0. The van der Waals surface area contributed by atoms with Crippen LogP contribution in [0.2, 0.25) is 10.0 Å². The average Bonchev–Trinajstić information content (AvgIpc) is 3.67. The molecular weight excluding hydrogens is 555 g/mol. The van der Waals surface area contributed by atoms with E-state index in [1.54, 1.807) is 13.0 Å². The van der Waals surface area contributed by atoms with Crippen LogP contribution >= 0.6 is 34.7 Å². The molecule has 5 rings (SSSR count). The Labute approximate surface area is 241 Å². The Hall–Kier alpha value is -3.39. The van der Waals surface area contributed by atoms with Crippen LogP contribution in [-0.4, -0.2) is 23.5 Å². The highest BCUT2D eigenvalue weighted by atomic mass is 35.5. The van der Waals surface area contributed by atoms with Crippen LogP contribution in [0, 0.1) is 6.92 Å². The molecule has 4 aromatic rings. The van der Waals surface area contributed by atoms with Crippen LogP contribution in [0.4, 0.5) is 10.5 Å². The summed E-state index contributed by atoms with van der Waals surface area (Å²) in [6.45, 7) is 3.58. The lowest BCUT2D eigenvalue weighted by atomic mass is 9.93. The first kappa shape index (κ1) is 27.2. The number of nitrogens with zero attached hydrogens (tertiary/aromatic N) is 1. The van der Waals surface area contributed by atoms with Gasteiger partial charge in [0, 0.05) is 21.2 Å². The number of anilines is 1. The van der Waals surface area contributed by atoms with Crippen molar-refractivity contribution in [1.29, 1.82) is 0 Å². The summed E-state index contributed by atoms with van der Waals surface area (Å²) in [5.74, 6) is -0.186. The molecule has 0 aliphatic heterocycles. The lowest BCUT2D eigenvalue weighted by Gasteiger charge is -2.16. The summed E-state index contributed by atoms with van der Waals surface area (Å²) in [7, 11) is 1.43. The highest BCUT2D eigenvalue weighted by Crippen LogP contribution is 2.49. The smallest absolute Gasteiger partial charge is 0.412 e. The first-order valence-corrected chi connectivity index (χ1v) is 13.9. The topological polar surface area (TPSA) is 77.5 Å². The molecule has 1 amide bonds. The van der Waals surface area contributed by atoms with E-state index in [9.17, 15) is 9.59 Å². The van der Waals surface area contributed by atoms with E-state index in [-0.39, 0.29) is 5.97 Å². The highest BCUT2D eigenvalue weighted by molar-refractivity contribution is 7.10. The number of halogens is 2. The molecule has 1 fully saturated rings. The second-order valence-corrected chi connectivity index (χ2v) is 11.1. The summed E-state index contributed by atoms with van der Waals surface area (Å²) in [6.07, 6.45) is 0.457. The molecule has 1 saturated carbocycles. The number of ether oxygens (including phenoxy) is 2. The summed E-state index contributed by atoms with van der Waals surface area (Å²) in [4.78, 5) is 25.7. The first-order valence-electron chi connectivity index (χ1n) is 12.4. The van der Waals surface area contributed by atoms with Gasteiger partial charge in [0.05, 0.1) is 28.8 Å². The second kappa shape index (κ2) is 11.0. The highest BCUT2D eigenvalue weighted by Gasteiger charge is 2.52. The van der Waals surface area contributed by atoms with Crippen molar-refractivity contribution in [3.63, 3.8) is 0 Å². The molecule has 1 N–H and O–H groups in total. The number of carbonyl (C=O) groups is 2. The molecule has 0 bridgehead atoms. The number of benzene rings is 3. The van der Waals surface area contributed by atoms with Crippen molar-refractivity contribution in [3.05, 3.63) is 93.6 Å². The maximum absolute atomic E-state index is 12.8. The molecular formula is C30H26Cl2N2O4S. The van der Waals surface area contributed by atoms with E-state index in [2.05, 4.69) is 9.69 Å². The van der Waals surface area contributed by atoms with E-state index >= 15 is 0 Å². The number of hydrogen-bond donors (Lipinski definition) is 1. The van der Waals surface area contributed by atoms with E-state index < -0.39 is 17.6 Å². The molecule has 200 valence electrons. The number of hydrogen-bond acceptors (Lipinski definition) is 6. The number of rotatable bonds is 7. The van der Waals surface area contributed by atoms with Gasteiger partial charge in [-0.1, -0.05) is 77.8 Å². The van der Waals surface area contributed by atoms with Gasteiger partial charge < -0.3 is 9.47 Å². The number of nitrogens with one attached hydrogen (secondary N) is 1. The van der Waals surface area contributed by atoms with Crippen molar-refractivity contribution >= 4 is 52.5 Å². The van der Waals surface area contributed by atoms with Crippen LogP contribution in [0.25, 0.3) is 21.6 Å². The third-order valence-corrected chi connectivity index (χ3v) is 8.66. The van der Waals surface area contributed by atoms with E-state index in [0.717, 1.165) is 45.5 Å². The molecule has 1 aliphatic carbocycles. The fourth-order valence-electron chi connectivity index (χ4n) is 4.65. The minimum atomic E-state index is -0.611. The minimum Gasteiger partial charge on any atom is -0.468 e. The quantitative estimate of drug-likeness (QED) is 0.221. The Morgan fingerprint density at radius 1 is 1.00 bits per heavy atom. The predicted molar refractivity (Wildman–Crippen MR) is 156 cm³/mol. The van der Waals surface area contributed by atoms with Crippen LogP contribution in [0.15, 0.2) is 66.7 Å². The van der Waals surface area contributed by atoms with Gasteiger partial charge in [0.2, 0.25) is 0 Å². The normalized spacial score (nSPS) is 14.4. The summed E-state index contributed by atoms with van der Waals surface area (Å²) in [5.41, 5.74) is 5.05. The summed E-state index contributed by atoms with van der Waals surface area (Å²) in [6, 6.07) is 20.9. The Kier molecular flexibility index (Phi) is 7.67. The fraction of sp³-hybridized carbons (Fsp3) is 0.233. The Morgan fingerprint density at radius 3 is 2.33 bits per heavy atom. The lowest BCUT2D eigenvalue weighted by molar-refractivity contribution is -0.143. The van der Waals surface area contributed by atoms with E-state index in [1.165, 1.54) is 18.6 Å². The van der Waals surface area contributed by atoms with Crippen LogP contribution < -0.4 is 5.32 Å². The number of esters is 1. The van der Waals surface area contributed by atoms with Gasteiger partial charge >= 0.3 is 12.1 Å². The molecule has 39 heavy (non-hydrogen) atoms. The molecule has 9 heteroatoms. The van der Waals surface area contributed by atoms with Gasteiger partial charge in [-0.3, -0.25) is 10.1 Å². The fourth-order valence-corrected chi connectivity index (χ4v) is 6.16. The van der Waals surface area contributed by atoms with Crippen molar-refractivity contribution < 1.29 is 19.1 Å². The van der Waals surface area contributed by atoms with Crippen molar-refractivity contribution in [2.24, 2.45) is 0 Å². The molecule has 6 nitrogen and oxygen atoms in total. The van der Waals surface area contributed by atoms with Crippen molar-refractivity contribution in [2.75, 3.05) is 12.4 Å². The van der Waals surface area contributed by atoms with Gasteiger partial charge in [0.25, 0.3) is 0 Å². The van der Waals surface area contributed by atoms with Gasteiger partial charge in [-0.15, -0.1) is 0 Å². The third kappa shape index (κ3) is 5.39. The Bertz CT molecular complexity index is 1550. The van der Waals surface area contributed by atoms with Crippen LogP contribution in [0.3, 0.4) is 0 Å². The average molecular weight is 582 g/mol. The Balaban J connectivity index is 1.34. The number of aryl methyl sites for hydroxylation is 1. The van der Waals surface area contributed by atoms with Gasteiger partial charge in [0.1, 0.15) is 6.10 Å². The molecule has 0 spiro atoms.